The summed E-state index contributed by atoms with van der Waals surface area (Å²) in [4.78, 5) is 187. The zero-order valence-corrected chi connectivity index (χ0v) is 58.8. The van der Waals surface area contributed by atoms with E-state index in [1.165, 1.54) is 91.2 Å². The highest BCUT2D eigenvalue weighted by atomic mass is 35.5. The van der Waals surface area contributed by atoms with Crippen molar-refractivity contribution in [1.82, 2.24) is 60.0 Å². The smallest absolute Gasteiger partial charge is 0.343 e. The van der Waals surface area contributed by atoms with Gasteiger partial charge in [-0.15, -0.1) is 0 Å². The number of aryl methyl sites for hydroxylation is 1. The molecule has 12 amide bonds. The number of rotatable bonds is 9. The molecule has 3 heterocycles. The van der Waals surface area contributed by atoms with E-state index in [9.17, 15) is 60.7 Å². The van der Waals surface area contributed by atoms with Gasteiger partial charge in [-0.2, -0.15) is 13.2 Å². The molecule has 1 spiro atoms. The van der Waals surface area contributed by atoms with Crippen LogP contribution in [-0.4, -0.2) is 251 Å². The maximum atomic E-state index is 15.3. The molecule has 4 aliphatic rings. The normalized spacial score (nSPS) is 25.8. The maximum Gasteiger partial charge on any atom is 0.417 e. The fraction of sp³-hybridized carbons (Fsp3) is 0.647. The van der Waals surface area contributed by atoms with E-state index in [4.69, 9.17) is 11.6 Å². The molecule has 29 heteroatoms. The molecule has 0 aromatic heterocycles. The number of hydrogen-bond acceptors (Lipinski definition) is 12. The highest BCUT2D eigenvalue weighted by molar-refractivity contribution is 6.31. The van der Waals surface area contributed by atoms with Gasteiger partial charge in [0, 0.05) is 75.4 Å². The van der Waals surface area contributed by atoms with Crippen molar-refractivity contribution in [3.63, 3.8) is 0 Å². The van der Waals surface area contributed by atoms with Gasteiger partial charge in [0.15, 0.2) is 0 Å². The highest BCUT2D eigenvalue weighted by Gasteiger charge is 2.51. The first-order chi connectivity index (χ1) is 45.5. The van der Waals surface area contributed by atoms with Gasteiger partial charge in [0.1, 0.15) is 59.7 Å². The van der Waals surface area contributed by atoms with Crippen molar-refractivity contribution in [2.45, 2.75) is 191 Å². The minimum atomic E-state index is -4.79. The summed E-state index contributed by atoms with van der Waals surface area (Å²) in [5, 5.41) is 7.86. The Bertz CT molecular complexity index is 3240. The third-order valence-electron chi connectivity index (χ3n) is 20.0. The molecule has 1 saturated carbocycles. The monoisotopic (exact) mass is 1380 g/mol. The average molecular weight is 1390 g/mol. The summed E-state index contributed by atoms with van der Waals surface area (Å²) in [7, 11) is 9.35. The molecule has 3 N–H and O–H groups in total. The predicted octanol–water partition coefficient (Wildman–Crippen LogP) is 4.27. The lowest BCUT2D eigenvalue weighted by atomic mass is 9.91. The second-order valence-electron chi connectivity index (χ2n) is 27.0. The number of carbonyl (C=O) groups excluding carboxylic acids is 12. The molecule has 24 nitrogen and oxygen atoms in total. The third kappa shape index (κ3) is 18.9. The van der Waals surface area contributed by atoms with Crippen LogP contribution in [0.5, 0.6) is 0 Å². The van der Waals surface area contributed by atoms with Gasteiger partial charge in [-0.1, -0.05) is 76.8 Å². The first-order valence-electron chi connectivity index (χ1n) is 33.4. The van der Waals surface area contributed by atoms with Crippen LogP contribution in [0, 0.1) is 17.7 Å². The Morgan fingerprint density at radius 1 is 0.639 bits per heavy atom. The minimum absolute atomic E-state index is 0.0120. The van der Waals surface area contributed by atoms with Gasteiger partial charge in [0.05, 0.1) is 30.1 Å². The van der Waals surface area contributed by atoms with E-state index in [2.05, 4.69) is 16.0 Å². The Labute approximate surface area is 570 Å². The van der Waals surface area contributed by atoms with Crippen molar-refractivity contribution in [2.24, 2.45) is 11.8 Å². The summed E-state index contributed by atoms with van der Waals surface area (Å²) in [6.07, 6.45) is -1.85. The molecule has 3 saturated heterocycles. The van der Waals surface area contributed by atoms with E-state index in [-0.39, 0.29) is 57.1 Å². The number of likely N-dealkylation sites (tertiary alicyclic amines) is 1. The van der Waals surface area contributed by atoms with E-state index in [1.54, 1.807) is 32.6 Å². The zero-order chi connectivity index (χ0) is 72.3. The Morgan fingerprint density at radius 3 is 1.81 bits per heavy atom. The van der Waals surface area contributed by atoms with E-state index in [0.29, 0.717) is 50.8 Å². The van der Waals surface area contributed by atoms with Crippen molar-refractivity contribution in [2.75, 3.05) is 82.1 Å². The van der Waals surface area contributed by atoms with Crippen LogP contribution in [-0.2, 0) is 76.6 Å². The minimum Gasteiger partial charge on any atom is -0.343 e. The lowest BCUT2D eigenvalue weighted by molar-refractivity contribution is -0.156. The first kappa shape index (κ1) is 78.1. The van der Waals surface area contributed by atoms with E-state index < -0.39 is 179 Å². The van der Waals surface area contributed by atoms with E-state index >= 15 is 14.4 Å². The Kier molecular flexibility index (Phi) is 27.0. The van der Waals surface area contributed by atoms with Crippen molar-refractivity contribution in [3.8, 4) is 0 Å². The second kappa shape index (κ2) is 33.6. The number of nitrogens with zero attached hydrogens (tertiary/aromatic N) is 9. The van der Waals surface area contributed by atoms with Crippen molar-refractivity contribution < 1.29 is 75.1 Å². The van der Waals surface area contributed by atoms with Crippen LogP contribution < -0.4 is 16.0 Å². The quantitative estimate of drug-likeness (QED) is 0.297. The van der Waals surface area contributed by atoms with Gasteiger partial charge in [0.25, 0.3) is 0 Å². The SMILES string of the molecule is CC[C@H](C)[C@@H]1NC(=O)[C@H](C)N(C)C(=O)C[C@@H](C(=O)N2CCCCC2)N(C)C(=O)[C@H](C(C)C)N(C)C(=O)C2(CCCC2)NC(=O)C2CCCN2C(=O)[C@H](CCc2ccc(C(F)(F)F)c(Cl)c2)NC(=O)[C@@H](C)N(C)C(=O)[C@H](Cc2ccc(F)cc2)N(C)C(=O)CN(C)C(=O)CN(C)C1=O. The number of piperidine rings is 1. The van der Waals surface area contributed by atoms with Crippen LogP contribution in [0.3, 0.4) is 0 Å². The zero-order valence-electron chi connectivity index (χ0n) is 58.1. The molecule has 2 aromatic rings. The summed E-state index contributed by atoms with van der Waals surface area (Å²) in [5.74, 6) is -10.5. The molecule has 4 fully saturated rings. The van der Waals surface area contributed by atoms with Crippen molar-refractivity contribution in [1.29, 1.82) is 0 Å². The van der Waals surface area contributed by atoms with Crippen LogP contribution in [0.15, 0.2) is 42.5 Å². The number of benzene rings is 2. The molecule has 1 unspecified atom stereocenters. The van der Waals surface area contributed by atoms with Crippen molar-refractivity contribution in [3.05, 3.63) is 70.0 Å². The van der Waals surface area contributed by atoms with Crippen LogP contribution >= 0.6 is 11.6 Å². The Hall–Kier alpha value is -7.91. The molecule has 0 bridgehead atoms. The summed E-state index contributed by atoms with van der Waals surface area (Å²) >= 11 is 6.13. The Balaban J connectivity index is 1.42. The first-order valence-corrected chi connectivity index (χ1v) is 33.8. The van der Waals surface area contributed by atoms with Crippen LogP contribution in [0.25, 0.3) is 0 Å². The highest BCUT2D eigenvalue weighted by Crippen LogP contribution is 2.37. The molecule has 1 aliphatic carbocycles. The molecule has 2 aromatic carbocycles. The van der Waals surface area contributed by atoms with E-state index in [0.717, 1.165) is 60.1 Å². The maximum absolute atomic E-state index is 15.3. The number of likely N-dealkylation sites (N-methyl/N-ethyl adjacent to an activating group) is 7. The second-order valence-corrected chi connectivity index (χ2v) is 27.4. The molecule has 6 rings (SSSR count). The molecule has 536 valence electrons. The summed E-state index contributed by atoms with van der Waals surface area (Å²) in [5.41, 5.74) is -2.06. The largest absolute Gasteiger partial charge is 0.417 e. The molecular weight excluding hydrogens is 1290 g/mol. The molecule has 3 aliphatic heterocycles. The van der Waals surface area contributed by atoms with E-state index in [1.807, 2.05) is 0 Å². The lowest BCUT2D eigenvalue weighted by Crippen LogP contribution is -2.65. The predicted molar refractivity (Wildman–Crippen MR) is 352 cm³/mol. The average Bonchev–Trinajstić information content (AvgIpc) is 1.55. The van der Waals surface area contributed by atoms with Gasteiger partial charge < -0.3 is 60.0 Å². The fourth-order valence-electron chi connectivity index (χ4n) is 13.1. The Morgan fingerprint density at radius 2 is 1.23 bits per heavy atom. The van der Waals surface area contributed by atoms with Crippen LogP contribution in [0.1, 0.15) is 135 Å². The van der Waals surface area contributed by atoms with Crippen molar-refractivity contribution >= 4 is 82.5 Å². The van der Waals surface area contributed by atoms with Crippen LogP contribution in [0.2, 0.25) is 5.02 Å². The van der Waals surface area contributed by atoms with Gasteiger partial charge in [0.2, 0.25) is 70.9 Å². The number of fused-ring (bicyclic) bond motifs is 1. The number of carbonyl (C=O) groups is 12. The van der Waals surface area contributed by atoms with Gasteiger partial charge in [-0.05, 0) is 119 Å². The molecule has 97 heavy (non-hydrogen) atoms. The molecule has 9 atom stereocenters. The molecule has 0 radical (unpaired) electrons. The third-order valence-corrected chi connectivity index (χ3v) is 20.3. The summed E-state index contributed by atoms with van der Waals surface area (Å²) in [6.45, 7) is 9.14. The summed E-state index contributed by atoms with van der Waals surface area (Å²) in [6, 6.07) is -2.64. The topological polar surface area (TPSA) is 270 Å². The summed E-state index contributed by atoms with van der Waals surface area (Å²) < 4.78 is 55.8. The number of alkyl halides is 3. The molecular formula is C68H97ClF4N12O12. The number of hydrogen-bond donors (Lipinski definition) is 3. The number of halogens is 5. The number of nitrogens with one attached hydrogen (secondary N) is 3. The van der Waals surface area contributed by atoms with Crippen LogP contribution in [0.4, 0.5) is 17.6 Å². The van der Waals surface area contributed by atoms with Gasteiger partial charge in [-0.25, -0.2) is 4.39 Å². The standard InChI is InChI=1S/C68H97ClF4N12O12/c1-14-41(4)56-64(95)78(8)38-54(87)77(7)39-55(88)81(11)51(36-45-22-26-46(70)27-23-45)62(93)80(10)43(6)58(89)74-49(29-25-44-24-28-47(48(69)35-44)68(71,72)73)61(92)85-34-20-21-50(85)60(91)76-67(30-16-17-31-67)66(97)83(13)57(40(2)3)65(96)82(12)52(63(94)84-32-18-15-19-33-84)37-53(86)79(9)42(5)59(90)75-56/h22-24,26-28,35,40-43,49-52,56-57H,14-21,25,29-34,36-39H2,1-13H3,(H,74,89)(H,75,90)(H,76,91)/t41-,42-,43+,49-,50?,51-,52-,56-,57-/m0/s1. The van der Waals surface area contributed by atoms with Gasteiger partial charge >= 0.3 is 6.18 Å². The fourth-order valence-corrected chi connectivity index (χ4v) is 13.5. The number of amides is 12. The van der Waals surface area contributed by atoms with Gasteiger partial charge in [-0.3, -0.25) is 57.5 Å². The lowest BCUT2D eigenvalue weighted by Gasteiger charge is -2.42.